The van der Waals surface area contributed by atoms with Crippen molar-refractivity contribution in [1.82, 2.24) is 19.9 Å². The Morgan fingerprint density at radius 1 is 1.11 bits per heavy atom. The first kappa shape index (κ1) is 18.2. The van der Waals surface area contributed by atoms with Gasteiger partial charge in [0.05, 0.1) is 11.1 Å². The van der Waals surface area contributed by atoms with Gasteiger partial charge in [-0.15, -0.1) is 0 Å². The van der Waals surface area contributed by atoms with Crippen LogP contribution in [0.1, 0.15) is 19.8 Å². The van der Waals surface area contributed by atoms with Gasteiger partial charge in [0.1, 0.15) is 27.3 Å². The van der Waals surface area contributed by atoms with Gasteiger partial charge in [-0.25, -0.2) is 19.9 Å². The van der Waals surface area contributed by atoms with Gasteiger partial charge in [0.15, 0.2) is 5.65 Å². The molecule has 4 N–H and O–H groups in total. The van der Waals surface area contributed by atoms with E-state index in [1.165, 1.54) is 11.8 Å². The number of rotatable bonds is 3. The molecular weight excluding hydrogens is 382 g/mol. The van der Waals surface area contributed by atoms with Crippen LogP contribution in [0.5, 0.6) is 0 Å². The second kappa shape index (κ2) is 7.10. The third-order valence-corrected chi connectivity index (χ3v) is 6.03. The van der Waals surface area contributed by atoms with Crippen molar-refractivity contribution in [3.63, 3.8) is 0 Å². The molecule has 0 aromatic carbocycles. The summed E-state index contributed by atoms with van der Waals surface area (Å²) in [7, 11) is 0. The molecule has 3 aromatic heterocycles. The van der Waals surface area contributed by atoms with Gasteiger partial charge in [-0.05, 0) is 44.0 Å². The topological polar surface area (TPSA) is 107 Å². The van der Waals surface area contributed by atoms with Gasteiger partial charge in [-0.2, -0.15) is 0 Å². The highest BCUT2D eigenvalue weighted by Crippen LogP contribution is 2.32. The number of pyridine rings is 2. The van der Waals surface area contributed by atoms with Crippen molar-refractivity contribution in [2.24, 2.45) is 5.73 Å². The van der Waals surface area contributed by atoms with Crippen LogP contribution >= 0.6 is 23.4 Å². The fourth-order valence-electron chi connectivity index (χ4n) is 2.96. The summed E-state index contributed by atoms with van der Waals surface area (Å²) in [6, 6.07) is 7.38. The largest absolute Gasteiger partial charge is 0.384 e. The van der Waals surface area contributed by atoms with Gasteiger partial charge in [0.25, 0.3) is 0 Å². The lowest BCUT2D eigenvalue weighted by Crippen LogP contribution is -2.48. The maximum atomic E-state index is 6.21. The monoisotopic (exact) mass is 401 g/mol. The Hall–Kier alpha value is -2.16. The van der Waals surface area contributed by atoms with E-state index in [1.54, 1.807) is 12.3 Å². The third kappa shape index (κ3) is 4.07. The first-order valence-electron chi connectivity index (χ1n) is 8.67. The number of hydrogen-bond donors (Lipinski definition) is 2. The lowest BCUT2D eigenvalue weighted by Gasteiger charge is -2.37. The first-order valence-corrected chi connectivity index (χ1v) is 9.87. The first-order chi connectivity index (χ1) is 12.9. The van der Waals surface area contributed by atoms with E-state index in [2.05, 4.69) is 26.8 Å². The second-order valence-corrected chi connectivity index (χ2v) is 8.41. The standard InChI is InChI=1S/C18H20ClN7S/c1-18(21)6-8-26(9-7-18)14-10-22-17-11(23-14)2-5-15(25-17)27-12-3-4-13(20)24-16(12)19/h2-5,10H,6-9,21H2,1H3,(H2,20,24). The Kier molecular flexibility index (Phi) is 4.79. The number of nitrogens with zero attached hydrogens (tertiary/aromatic N) is 5. The average molecular weight is 402 g/mol. The van der Waals surface area contributed by atoms with E-state index in [1.807, 2.05) is 18.2 Å². The van der Waals surface area contributed by atoms with Crippen LogP contribution in [0.4, 0.5) is 11.6 Å². The van der Waals surface area contributed by atoms with E-state index in [4.69, 9.17) is 28.1 Å². The number of nitrogens with two attached hydrogens (primary N) is 2. The minimum absolute atomic E-state index is 0.0906. The number of halogens is 1. The van der Waals surface area contributed by atoms with Crippen molar-refractivity contribution in [2.45, 2.75) is 35.2 Å². The van der Waals surface area contributed by atoms with Crippen LogP contribution in [0, 0.1) is 0 Å². The minimum atomic E-state index is -0.0906. The molecule has 0 amide bonds. The highest BCUT2D eigenvalue weighted by molar-refractivity contribution is 7.99. The number of fused-ring (bicyclic) bond motifs is 1. The summed E-state index contributed by atoms with van der Waals surface area (Å²) in [6.07, 6.45) is 3.66. The SMILES string of the molecule is CC1(N)CCN(c2cnc3nc(Sc4ccc(N)nc4Cl)ccc3n2)CC1. The molecule has 4 heterocycles. The van der Waals surface area contributed by atoms with Crippen molar-refractivity contribution < 1.29 is 0 Å². The zero-order valence-electron chi connectivity index (χ0n) is 14.9. The Bertz CT molecular complexity index is 985. The molecule has 0 radical (unpaired) electrons. The molecule has 1 aliphatic rings. The molecule has 3 aromatic rings. The molecule has 7 nitrogen and oxygen atoms in total. The van der Waals surface area contributed by atoms with Crippen molar-refractivity contribution >= 4 is 46.2 Å². The maximum Gasteiger partial charge on any atom is 0.179 e. The Morgan fingerprint density at radius 3 is 2.63 bits per heavy atom. The summed E-state index contributed by atoms with van der Waals surface area (Å²) in [4.78, 5) is 20.9. The maximum absolute atomic E-state index is 6.21. The zero-order valence-corrected chi connectivity index (χ0v) is 16.5. The third-order valence-electron chi connectivity index (χ3n) is 4.65. The van der Waals surface area contributed by atoms with Crippen LogP contribution < -0.4 is 16.4 Å². The molecule has 1 aliphatic heterocycles. The number of anilines is 2. The molecule has 140 valence electrons. The van der Waals surface area contributed by atoms with Crippen molar-refractivity contribution in [1.29, 1.82) is 0 Å². The number of piperidine rings is 1. The van der Waals surface area contributed by atoms with Gasteiger partial charge in [0.2, 0.25) is 0 Å². The Labute approximate surface area is 166 Å². The predicted molar refractivity (Wildman–Crippen MR) is 109 cm³/mol. The summed E-state index contributed by atoms with van der Waals surface area (Å²) in [6.45, 7) is 3.87. The molecule has 0 bridgehead atoms. The lowest BCUT2D eigenvalue weighted by atomic mass is 9.91. The van der Waals surface area contributed by atoms with Gasteiger partial charge < -0.3 is 16.4 Å². The van der Waals surface area contributed by atoms with E-state index >= 15 is 0 Å². The van der Waals surface area contributed by atoms with E-state index in [9.17, 15) is 0 Å². The summed E-state index contributed by atoms with van der Waals surface area (Å²) in [5.74, 6) is 1.26. The van der Waals surface area contributed by atoms with Crippen LogP contribution in [-0.2, 0) is 0 Å². The van der Waals surface area contributed by atoms with Gasteiger partial charge >= 0.3 is 0 Å². The van der Waals surface area contributed by atoms with Crippen LogP contribution in [0.15, 0.2) is 40.4 Å². The normalized spacial score (nSPS) is 16.6. The van der Waals surface area contributed by atoms with Crippen LogP contribution in [0.2, 0.25) is 5.15 Å². The van der Waals surface area contributed by atoms with Crippen molar-refractivity contribution in [2.75, 3.05) is 23.7 Å². The van der Waals surface area contributed by atoms with Crippen molar-refractivity contribution in [3.05, 3.63) is 35.6 Å². The lowest BCUT2D eigenvalue weighted by molar-refractivity contribution is 0.363. The summed E-state index contributed by atoms with van der Waals surface area (Å²) >= 11 is 7.56. The molecule has 27 heavy (non-hydrogen) atoms. The zero-order chi connectivity index (χ0) is 19.0. The molecule has 1 fully saturated rings. The fraction of sp³-hybridized carbons (Fsp3) is 0.333. The molecule has 0 saturated carbocycles. The number of aromatic nitrogens is 4. The molecule has 9 heteroatoms. The highest BCUT2D eigenvalue weighted by atomic mass is 35.5. The van der Waals surface area contributed by atoms with Gasteiger partial charge in [-0.1, -0.05) is 23.4 Å². The Morgan fingerprint density at radius 2 is 1.89 bits per heavy atom. The molecule has 4 rings (SSSR count). The van der Waals surface area contributed by atoms with Crippen LogP contribution in [0.3, 0.4) is 0 Å². The minimum Gasteiger partial charge on any atom is -0.384 e. The smallest absolute Gasteiger partial charge is 0.179 e. The summed E-state index contributed by atoms with van der Waals surface area (Å²) in [5.41, 5.74) is 13.1. The van der Waals surface area contributed by atoms with Gasteiger partial charge in [0, 0.05) is 18.6 Å². The predicted octanol–water partition coefficient (Wildman–Crippen LogP) is 3.12. The Balaban J connectivity index is 1.55. The molecule has 0 atom stereocenters. The van der Waals surface area contributed by atoms with E-state index in [0.29, 0.717) is 16.6 Å². The molecule has 0 aliphatic carbocycles. The molecule has 0 unspecified atom stereocenters. The summed E-state index contributed by atoms with van der Waals surface area (Å²) < 4.78 is 0. The summed E-state index contributed by atoms with van der Waals surface area (Å²) in [5, 5.41) is 1.13. The fourth-order valence-corrected chi connectivity index (χ4v) is 3.99. The average Bonchev–Trinajstić information content (AvgIpc) is 2.64. The second-order valence-electron chi connectivity index (χ2n) is 6.99. The molecule has 0 spiro atoms. The highest BCUT2D eigenvalue weighted by Gasteiger charge is 2.26. The van der Waals surface area contributed by atoms with E-state index < -0.39 is 0 Å². The van der Waals surface area contributed by atoms with Crippen molar-refractivity contribution in [3.8, 4) is 0 Å². The number of nitrogen functional groups attached to an aromatic ring is 1. The van der Waals surface area contributed by atoms with E-state index in [0.717, 1.165) is 47.2 Å². The van der Waals surface area contributed by atoms with Crippen LogP contribution in [-0.4, -0.2) is 38.6 Å². The quantitative estimate of drug-likeness (QED) is 0.644. The molecule has 1 saturated heterocycles. The van der Waals surface area contributed by atoms with Gasteiger partial charge in [-0.3, -0.25) is 0 Å². The number of hydrogen-bond acceptors (Lipinski definition) is 8. The van der Waals surface area contributed by atoms with E-state index in [-0.39, 0.29) is 5.54 Å². The molecular formula is C18H20ClN7S. The van der Waals surface area contributed by atoms with Crippen LogP contribution in [0.25, 0.3) is 11.2 Å².